The topological polar surface area (TPSA) is 75.4 Å². The second-order valence-corrected chi connectivity index (χ2v) is 6.36. The van der Waals surface area contributed by atoms with Crippen LogP contribution in [0.3, 0.4) is 0 Å². The van der Waals surface area contributed by atoms with Gasteiger partial charge in [0.25, 0.3) is 0 Å². The first-order valence-electron chi connectivity index (χ1n) is 7.86. The Kier molecular flexibility index (Phi) is 5.62. The van der Waals surface area contributed by atoms with Crippen molar-refractivity contribution >= 4 is 5.91 Å². The molecule has 1 saturated carbocycles. The van der Waals surface area contributed by atoms with E-state index in [4.69, 9.17) is 5.73 Å². The Morgan fingerprint density at radius 2 is 2.10 bits per heavy atom. The van der Waals surface area contributed by atoms with Crippen molar-refractivity contribution in [1.29, 1.82) is 0 Å². The Balaban J connectivity index is 1.75. The van der Waals surface area contributed by atoms with Gasteiger partial charge in [-0.05, 0) is 48.8 Å². The lowest BCUT2D eigenvalue weighted by Gasteiger charge is -2.27. The Morgan fingerprint density at radius 1 is 1.38 bits per heavy atom. The van der Waals surface area contributed by atoms with Gasteiger partial charge in [0, 0.05) is 6.54 Å². The van der Waals surface area contributed by atoms with Crippen molar-refractivity contribution in [3.63, 3.8) is 0 Å². The highest BCUT2D eigenvalue weighted by atomic mass is 16.3. The maximum Gasteiger partial charge on any atom is 0.237 e. The van der Waals surface area contributed by atoms with Crippen molar-refractivity contribution in [2.45, 2.75) is 45.1 Å². The summed E-state index contributed by atoms with van der Waals surface area (Å²) in [6.07, 6.45) is 5.48. The molecule has 4 nitrogen and oxygen atoms in total. The van der Waals surface area contributed by atoms with Crippen LogP contribution in [0.25, 0.3) is 0 Å². The molecule has 0 aliphatic heterocycles. The molecule has 4 heteroatoms. The second kappa shape index (κ2) is 7.46. The van der Waals surface area contributed by atoms with Crippen LogP contribution in [-0.4, -0.2) is 23.6 Å². The van der Waals surface area contributed by atoms with Crippen LogP contribution < -0.4 is 11.1 Å². The zero-order valence-electron chi connectivity index (χ0n) is 12.7. The van der Waals surface area contributed by atoms with Crippen LogP contribution in [0.1, 0.15) is 38.2 Å². The molecule has 2 rings (SSSR count). The smallest absolute Gasteiger partial charge is 0.237 e. The maximum absolute atomic E-state index is 12.1. The summed E-state index contributed by atoms with van der Waals surface area (Å²) in [5.41, 5.74) is 6.92. The first-order valence-corrected chi connectivity index (χ1v) is 7.86. The molecule has 1 aliphatic carbocycles. The number of hydrogen-bond acceptors (Lipinski definition) is 3. The highest BCUT2D eigenvalue weighted by Gasteiger charge is 2.20. The van der Waals surface area contributed by atoms with Gasteiger partial charge in [0.15, 0.2) is 0 Å². The molecular formula is C17H26N2O2. The van der Waals surface area contributed by atoms with E-state index in [0.29, 0.717) is 12.3 Å². The summed E-state index contributed by atoms with van der Waals surface area (Å²) in [4.78, 5) is 12.1. The van der Waals surface area contributed by atoms with E-state index < -0.39 is 6.04 Å². The second-order valence-electron chi connectivity index (χ2n) is 6.36. The zero-order chi connectivity index (χ0) is 15.2. The number of benzene rings is 1. The van der Waals surface area contributed by atoms with Crippen LogP contribution in [0, 0.1) is 11.8 Å². The molecule has 2 unspecified atom stereocenters. The summed E-state index contributed by atoms with van der Waals surface area (Å²) >= 11 is 0. The molecule has 0 aromatic heterocycles. The van der Waals surface area contributed by atoms with Gasteiger partial charge in [-0.15, -0.1) is 0 Å². The molecule has 1 fully saturated rings. The van der Waals surface area contributed by atoms with E-state index in [1.54, 1.807) is 24.3 Å². The number of nitrogens with two attached hydrogens (primary N) is 1. The van der Waals surface area contributed by atoms with Crippen molar-refractivity contribution in [3.05, 3.63) is 29.8 Å². The van der Waals surface area contributed by atoms with E-state index in [9.17, 15) is 9.90 Å². The van der Waals surface area contributed by atoms with Crippen LogP contribution in [0.4, 0.5) is 0 Å². The molecule has 4 N–H and O–H groups in total. The summed E-state index contributed by atoms with van der Waals surface area (Å²) < 4.78 is 0. The van der Waals surface area contributed by atoms with Crippen LogP contribution >= 0.6 is 0 Å². The van der Waals surface area contributed by atoms with Crippen LogP contribution in [0.2, 0.25) is 0 Å². The third-order valence-corrected chi connectivity index (χ3v) is 4.34. The summed E-state index contributed by atoms with van der Waals surface area (Å²) in [5, 5.41) is 12.2. The molecule has 1 amide bonds. The lowest BCUT2D eigenvalue weighted by molar-refractivity contribution is -0.122. The van der Waals surface area contributed by atoms with Crippen LogP contribution in [0.5, 0.6) is 5.75 Å². The summed E-state index contributed by atoms with van der Waals surface area (Å²) in [6.45, 7) is 3.02. The molecule has 3 atom stereocenters. The Labute approximate surface area is 126 Å². The number of hydrogen-bond donors (Lipinski definition) is 3. The standard InChI is InChI=1S/C17H26N2O2/c1-12-3-2-4-14(9-12)11-19-17(21)16(18)10-13-5-7-15(20)8-6-13/h5-8,12,14,16,20H,2-4,9-11,18H2,1H3,(H,19,21)/t12?,14?,16-/m0/s1. The fourth-order valence-corrected chi connectivity index (χ4v) is 3.10. The minimum Gasteiger partial charge on any atom is -0.508 e. The highest BCUT2D eigenvalue weighted by Crippen LogP contribution is 2.27. The third kappa shape index (κ3) is 5.05. The highest BCUT2D eigenvalue weighted by molar-refractivity contribution is 5.81. The van der Waals surface area contributed by atoms with Gasteiger partial charge in [-0.1, -0.05) is 31.9 Å². The quantitative estimate of drug-likeness (QED) is 0.778. The lowest BCUT2D eigenvalue weighted by atomic mass is 9.82. The molecule has 0 spiro atoms. The maximum atomic E-state index is 12.1. The van der Waals surface area contributed by atoms with Crippen molar-refractivity contribution in [1.82, 2.24) is 5.32 Å². The first-order chi connectivity index (χ1) is 10.0. The lowest BCUT2D eigenvalue weighted by Crippen LogP contribution is -2.44. The minimum absolute atomic E-state index is 0.0821. The number of amides is 1. The Morgan fingerprint density at radius 3 is 2.76 bits per heavy atom. The number of aromatic hydroxyl groups is 1. The number of rotatable bonds is 5. The molecule has 116 valence electrons. The van der Waals surface area contributed by atoms with Gasteiger partial charge in [0.05, 0.1) is 6.04 Å². The number of carbonyl (C=O) groups is 1. The first kappa shape index (κ1) is 15.8. The Bertz CT molecular complexity index is 458. The number of nitrogens with one attached hydrogen (secondary N) is 1. The normalized spacial score (nSPS) is 23.5. The molecule has 0 radical (unpaired) electrons. The molecule has 0 bridgehead atoms. The average molecular weight is 290 g/mol. The van der Waals surface area contributed by atoms with Gasteiger partial charge < -0.3 is 16.2 Å². The van der Waals surface area contributed by atoms with Gasteiger partial charge in [-0.3, -0.25) is 4.79 Å². The predicted molar refractivity (Wildman–Crippen MR) is 83.9 cm³/mol. The molecule has 0 saturated heterocycles. The van der Waals surface area contributed by atoms with Crippen molar-refractivity contribution in [2.24, 2.45) is 17.6 Å². The largest absolute Gasteiger partial charge is 0.508 e. The Hall–Kier alpha value is -1.55. The molecular weight excluding hydrogens is 264 g/mol. The minimum atomic E-state index is -0.532. The molecule has 0 heterocycles. The monoisotopic (exact) mass is 290 g/mol. The van der Waals surface area contributed by atoms with Gasteiger partial charge in [-0.2, -0.15) is 0 Å². The van der Waals surface area contributed by atoms with Crippen LogP contribution in [-0.2, 0) is 11.2 Å². The summed E-state index contributed by atoms with van der Waals surface area (Å²) in [6, 6.07) is 6.29. The zero-order valence-corrected chi connectivity index (χ0v) is 12.7. The van der Waals surface area contributed by atoms with Gasteiger partial charge in [0.2, 0.25) is 5.91 Å². The average Bonchev–Trinajstić information content (AvgIpc) is 2.47. The summed E-state index contributed by atoms with van der Waals surface area (Å²) in [5.74, 6) is 1.51. The van der Waals surface area contributed by atoms with E-state index in [0.717, 1.165) is 18.0 Å². The fraction of sp³-hybridized carbons (Fsp3) is 0.588. The third-order valence-electron chi connectivity index (χ3n) is 4.34. The van der Waals surface area contributed by atoms with Crippen LogP contribution in [0.15, 0.2) is 24.3 Å². The van der Waals surface area contributed by atoms with E-state index in [-0.39, 0.29) is 11.7 Å². The molecule has 1 aromatic carbocycles. The van der Waals surface area contributed by atoms with E-state index in [1.807, 2.05) is 0 Å². The van der Waals surface area contributed by atoms with Gasteiger partial charge >= 0.3 is 0 Å². The fourth-order valence-electron chi connectivity index (χ4n) is 3.10. The van der Waals surface area contributed by atoms with Crippen molar-refractivity contribution in [2.75, 3.05) is 6.54 Å². The van der Waals surface area contributed by atoms with Gasteiger partial charge in [-0.25, -0.2) is 0 Å². The van der Waals surface area contributed by atoms with E-state index in [1.165, 1.54) is 25.7 Å². The SMILES string of the molecule is CC1CCCC(CNC(=O)[C@@H](N)Cc2ccc(O)cc2)C1. The molecule has 21 heavy (non-hydrogen) atoms. The van der Waals surface area contributed by atoms with E-state index in [2.05, 4.69) is 12.2 Å². The van der Waals surface area contributed by atoms with Gasteiger partial charge in [0.1, 0.15) is 5.75 Å². The molecule has 1 aromatic rings. The van der Waals surface area contributed by atoms with Crippen molar-refractivity contribution < 1.29 is 9.90 Å². The molecule has 1 aliphatic rings. The van der Waals surface area contributed by atoms with Crippen molar-refractivity contribution in [3.8, 4) is 5.75 Å². The number of carbonyl (C=O) groups excluding carboxylic acids is 1. The predicted octanol–water partition coefficient (Wildman–Crippen LogP) is 2.20. The summed E-state index contributed by atoms with van der Waals surface area (Å²) in [7, 11) is 0. The number of phenolic OH excluding ortho intramolecular Hbond substituents is 1. The number of phenols is 1. The van der Waals surface area contributed by atoms with E-state index >= 15 is 0 Å².